The lowest BCUT2D eigenvalue weighted by atomic mass is 9.79. The third-order valence-electron chi connectivity index (χ3n) is 6.12. The molecule has 3 saturated carbocycles. The molecule has 0 radical (unpaired) electrons. The van der Waals surface area contributed by atoms with E-state index < -0.39 is 6.04 Å². The van der Waals surface area contributed by atoms with Crippen molar-refractivity contribution in [1.29, 1.82) is 0 Å². The molecule has 0 spiro atoms. The third kappa shape index (κ3) is 2.09. The van der Waals surface area contributed by atoms with Crippen molar-refractivity contribution in [3.63, 3.8) is 0 Å². The van der Waals surface area contributed by atoms with E-state index in [0.29, 0.717) is 12.0 Å². The first-order valence-electron chi connectivity index (χ1n) is 8.18. The van der Waals surface area contributed by atoms with Crippen LogP contribution in [-0.4, -0.2) is 21.7 Å². The van der Waals surface area contributed by atoms with E-state index in [1.165, 1.54) is 25.7 Å². The van der Waals surface area contributed by atoms with Gasteiger partial charge < -0.3 is 11.1 Å². The van der Waals surface area contributed by atoms with E-state index in [1.54, 1.807) is 10.9 Å². The highest BCUT2D eigenvalue weighted by molar-refractivity contribution is 5.83. The SMILES string of the molecule is Cn1cc(C(N)C(=O)NC2CC3CC2C2CCCC32)cn1. The van der Waals surface area contributed by atoms with Crippen LogP contribution < -0.4 is 11.1 Å². The summed E-state index contributed by atoms with van der Waals surface area (Å²) in [6.45, 7) is 0. The van der Waals surface area contributed by atoms with E-state index >= 15 is 0 Å². The van der Waals surface area contributed by atoms with E-state index in [9.17, 15) is 4.79 Å². The standard InChI is InChI=1S/C16H24N4O/c1-20-8-10(7-18-20)15(17)16(21)19-14-6-9-5-13(14)12-4-2-3-11(9)12/h7-9,11-15H,2-6,17H2,1H3,(H,19,21). The van der Waals surface area contributed by atoms with Crippen LogP contribution in [0.25, 0.3) is 0 Å². The number of nitrogens with two attached hydrogens (primary N) is 1. The Kier molecular flexibility index (Phi) is 3.06. The van der Waals surface area contributed by atoms with Crippen molar-refractivity contribution in [2.24, 2.45) is 36.5 Å². The molecule has 1 aromatic rings. The van der Waals surface area contributed by atoms with Crippen molar-refractivity contribution in [1.82, 2.24) is 15.1 Å². The molecule has 1 aromatic heterocycles. The molecule has 6 atom stereocenters. The minimum absolute atomic E-state index is 0.0462. The van der Waals surface area contributed by atoms with E-state index in [0.717, 1.165) is 29.7 Å². The molecule has 3 fully saturated rings. The van der Waals surface area contributed by atoms with Gasteiger partial charge in [-0.2, -0.15) is 5.10 Å². The highest BCUT2D eigenvalue weighted by Crippen LogP contribution is 2.58. The van der Waals surface area contributed by atoms with Crippen LogP contribution in [0.3, 0.4) is 0 Å². The minimum atomic E-state index is -0.600. The van der Waals surface area contributed by atoms with Crippen LogP contribution in [0.4, 0.5) is 0 Å². The van der Waals surface area contributed by atoms with Crippen LogP contribution in [0, 0.1) is 23.7 Å². The number of carbonyl (C=O) groups excluding carboxylic acids is 1. The fraction of sp³-hybridized carbons (Fsp3) is 0.750. The summed E-state index contributed by atoms with van der Waals surface area (Å²) in [6.07, 6.45) is 10.2. The first-order chi connectivity index (χ1) is 10.1. The summed E-state index contributed by atoms with van der Waals surface area (Å²) in [6, 6.07) is -0.248. The maximum atomic E-state index is 12.4. The molecule has 114 valence electrons. The normalized spacial score (nSPS) is 38.5. The second kappa shape index (κ2) is 4.83. The van der Waals surface area contributed by atoms with Gasteiger partial charge in [-0.05, 0) is 49.4 Å². The van der Waals surface area contributed by atoms with Crippen LogP contribution >= 0.6 is 0 Å². The van der Waals surface area contributed by atoms with Gasteiger partial charge in [-0.25, -0.2) is 0 Å². The summed E-state index contributed by atoms with van der Waals surface area (Å²) in [4.78, 5) is 12.4. The van der Waals surface area contributed by atoms with Crippen LogP contribution in [0.2, 0.25) is 0 Å². The van der Waals surface area contributed by atoms with Gasteiger partial charge >= 0.3 is 0 Å². The van der Waals surface area contributed by atoms with Gasteiger partial charge in [-0.1, -0.05) is 6.42 Å². The first-order valence-corrected chi connectivity index (χ1v) is 8.18. The summed E-state index contributed by atoms with van der Waals surface area (Å²) < 4.78 is 1.68. The first kappa shape index (κ1) is 13.3. The maximum absolute atomic E-state index is 12.4. The van der Waals surface area contributed by atoms with Gasteiger partial charge in [0.2, 0.25) is 5.91 Å². The lowest BCUT2D eigenvalue weighted by Gasteiger charge is -2.32. The molecule has 3 aliphatic rings. The molecule has 5 heteroatoms. The number of nitrogens with zero attached hydrogens (tertiary/aromatic N) is 2. The molecule has 0 aliphatic heterocycles. The lowest BCUT2D eigenvalue weighted by molar-refractivity contribution is -0.123. The number of aromatic nitrogens is 2. The Morgan fingerprint density at radius 3 is 2.95 bits per heavy atom. The number of aryl methyl sites for hydroxylation is 1. The van der Waals surface area contributed by atoms with Gasteiger partial charge in [0.05, 0.1) is 6.20 Å². The zero-order chi connectivity index (χ0) is 14.6. The maximum Gasteiger partial charge on any atom is 0.241 e. The van der Waals surface area contributed by atoms with Crippen LogP contribution in [0.15, 0.2) is 12.4 Å². The molecule has 1 amide bonds. The molecular weight excluding hydrogens is 264 g/mol. The van der Waals surface area contributed by atoms with Crippen molar-refractivity contribution in [2.45, 2.75) is 44.2 Å². The summed E-state index contributed by atoms with van der Waals surface area (Å²) in [7, 11) is 1.84. The predicted octanol–water partition coefficient (Wildman–Crippen LogP) is 1.36. The molecule has 0 aromatic carbocycles. The third-order valence-corrected chi connectivity index (χ3v) is 6.12. The van der Waals surface area contributed by atoms with E-state index in [-0.39, 0.29) is 5.91 Å². The average Bonchev–Trinajstić information content (AvgIpc) is 3.18. The highest BCUT2D eigenvalue weighted by atomic mass is 16.2. The van der Waals surface area contributed by atoms with Crippen molar-refractivity contribution < 1.29 is 4.79 Å². The Hall–Kier alpha value is -1.36. The fourth-order valence-electron chi connectivity index (χ4n) is 5.26. The van der Waals surface area contributed by atoms with Crippen molar-refractivity contribution >= 4 is 5.91 Å². The van der Waals surface area contributed by atoms with Gasteiger partial charge in [0.1, 0.15) is 6.04 Å². The molecule has 0 saturated heterocycles. The summed E-state index contributed by atoms with van der Waals surface area (Å²) in [5, 5.41) is 7.32. The molecule has 5 nitrogen and oxygen atoms in total. The Morgan fingerprint density at radius 2 is 2.19 bits per heavy atom. The predicted molar refractivity (Wildman–Crippen MR) is 79.1 cm³/mol. The van der Waals surface area contributed by atoms with E-state index in [1.807, 2.05) is 13.2 Å². The topological polar surface area (TPSA) is 72.9 Å². The van der Waals surface area contributed by atoms with Gasteiger partial charge in [0.15, 0.2) is 0 Å². The van der Waals surface area contributed by atoms with Crippen molar-refractivity contribution in [3.05, 3.63) is 18.0 Å². The van der Waals surface area contributed by atoms with Crippen LogP contribution in [0.1, 0.15) is 43.7 Å². The van der Waals surface area contributed by atoms with Crippen LogP contribution in [0.5, 0.6) is 0 Å². The molecule has 2 bridgehead atoms. The Labute approximate surface area is 125 Å². The largest absolute Gasteiger partial charge is 0.351 e. The fourth-order valence-corrected chi connectivity index (χ4v) is 5.26. The number of fused-ring (bicyclic) bond motifs is 5. The number of hydrogen-bond donors (Lipinski definition) is 2. The summed E-state index contributed by atoms with van der Waals surface area (Å²) in [5.74, 6) is 3.32. The monoisotopic (exact) mass is 288 g/mol. The second-order valence-corrected chi connectivity index (χ2v) is 7.19. The smallest absolute Gasteiger partial charge is 0.241 e. The zero-order valence-corrected chi connectivity index (χ0v) is 12.5. The molecule has 4 rings (SSSR count). The van der Waals surface area contributed by atoms with E-state index in [4.69, 9.17) is 5.73 Å². The summed E-state index contributed by atoms with van der Waals surface area (Å²) in [5.41, 5.74) is 6.86. The number of rotatable bonds is 3. The van der Waals surface area contributed by atoms with Crippen molar-refractivity contribution in [3.8, 4) is 0 Å². The molecule has 21 heavy (non-hydrogen) atoms. The molecule has 1 heterocycles. The van der Waals surface area contributed by atoms with Gasteiger partial charge in [0, 0.05) is 24.8 Å². The molecule has 6 unspecified atom stereocenters. The highest BCUT2D eigenvalue weighted by Gasteiger charge is 2.54. The Balaban J connectivity index is 1.41. The lowest BCUT2D eigenvalue weighted by Crippen LogP contribution is -2.45. The van der Waals surface area contributed by atoms with Gasteiger partial charge in [-0.15, -0.1) is 0 Å². The molecule has 3 N–H and O–H groups in total. The van der Waals surface area contributed by atoms with Gasteiger partial charge in [0.25, 0.3) is 0 Å². The second-order valence-electron chi connectivity index (χ2n) is 7.19. The Bertz CT molecular complexity index is 554. The number of amides is 1. The zero-order valence-electron chi connectivity index (χ0n) is 12.5. The Morgan fingerprint density at radius 1 is 1.38 bits per heavy atom. The van der Waals surface area contributed by atoms with Crippen molar-refractivity contribution in [2.75, 3.05) is 0 Å². The van der Waals surface area contributed by atoms with Crippen LogP contribution in [-0.2, 0) is 11.8 Å². The quantitative estimate of drug-likeness (QED) is 0.882. The van der Waals surface area contributed by atoms with E-state index in [2.05, 4.69) is 10.4 Å². The average molecular weight is 288 g/mol. The number of hydrogen-bond acceptors (Lipinski definition) is 3. The number of nitrogens with one attached hydrogen (secondary N) is 1. The summed E-state index contributed by atoms with van der Waals surface area (Å²) >= 11 is 0. The minimum Gasteiger partial charge on any atom is -0.351 e. The number of carbonyl (C=O) groups is 1. The molecule has 3 aliphatic carbocycles. The molecular formula is C16H24N4O. The van der Waals surface area contributed by atoms with Gasteiger partial charge in [-0.3, -0.25) is 9.48 Å².